The Morgan fingerprint density at radius 2 is 2.04 bits per heavy atom. The van der Waals surface area contributed by atoms with Crippen molar-refractivity contribution in [3.05, 3.63) is 36.3 Å². The maximum absolute atomic E-state index is 12.7. The first-order valence-corrected chi connectivity index (χ1v) is 8.53. The van der Waals surface area contributed by atoms with Gasteiger partial charge in [0, 0.05) is 45.3 Å². The fourth-order valence-corrected chi connectivity index (χ4v) is 2.89. The van der Waals surface area contributed by atoms with E-state index in [-0.39, 0.29) is 12.0 Å². The third-order valence-electron chi connectivity index (χ3n) is 4.21. The van der Waals surface area contributed by atoms with Gasteiger partial charge in [-0.1, -0.05) is 0 Å². The van der Waals surface area contributed by atoms with Crippen LogP contribution in [0.3, 0.4) is 0 Å². The molecule has 1 saturated heterocycles. The third-order valence-corrected chi connectivity index (χ3v) is 4.21. The van der Waals surface area contributed by atoms with Gasteiger partial charge in [0.25, 0.3) is 11.8 Å². The lowest BCUT2D eigenvalue weighted by Gasteiger charge is -2.33. The molecule has 1 aliphatic rings. The highest BCUT2D eigenvalue weighted by Gasteiger charge is 2.27. The summed E-state index contributed by atoms with van der Waals surface area (Å²) in [5.74, 6) is 1.60. The van der Waals surface area contributed by atoms with E-state index in [4.69, 9.17) is 9.47 Å². The third kappa shape index (κ3) is 4.01. The van der Waals surface area contributed by atoms with Crippen molar-refractivity contribution in [2.45, 2.75) is 18.9 Å². The summed E-state index contributed by atoms with van der Waals surface area (Å²) >= 11 is 0. The number of rotatable bonds is 5. The summed E-state index contributed by atoms with van der Waals surface area (Å²) in [5.41, 5.74) is 0.542. The lowest BCUT2D eigenvalue weighted by Crippen LogP contribution is -2.44. The number of likely N-dealkylation sites (tertiary alicyclic amines) is 1. The number of piperidine rings is 1. The molecule has 1 aliphatic heterocycles. The fraction of sp³-hybridized carbons (Fsp3) is 0.444. The molecule has 3 rings (SSSR count). The van der Waals surface area contributed by atoms with Crippen molar-refractivity contribution in [3.63, 3.8) is 0 Å². The summed E-state index contributed by atoms with van der Waals surface area (Å²) < 4.78 is 11.1. The lowest BCUT2D eigenvalue weighted by atomic mass is 10.1. The molecule has 0 radical (unpaired) electrons. The molecule has 1 amide bonds. The minimum absolute atomic E-state index is 0.0552. The standard InChI is InChI=1S/C18H23N5O3/c1-22(2)16-17(20-9-8-19-16)26-14-5-4-10-23(12-14)18(24)13-6-7-15(25-3)21-11-13/h6-9,11,14H,4-5,10,12H2,1-3H3/t14-/m1/s1. The molecule has 0 saturated carbocycles. The Bertz CT molecular complexity index is 751. The zero-order chi connectivity index (χ0) is 18.5. The molecule has 0 spiro atoms. The van der Waals surface area contributed by atoms with Crippen LogP contribution in [0.2, 0.25) is 0 Å². The van der Waals surface area contributed by atoms with Gasteiger partial charge in [-0.25, -0.2) is 15.0 Å². The Balaban J connectivity index is 1.68. The Morgan fingerprint density at radius 1 is 1.23 bits per heavy atom. The van der Waals surface area contributed by atoms with Crippen LogP contribution in [0.4, 0.5) is 5.82 Å². The van der Waals surface area contributed by atoms with Gasteiger partial charge in [0.15, 0.2) is 5.82 Å². The largest absolute Gasteiger partial charge is 0.481 e. The number of hydrogen-bond acceptors (Lipinski definition) is 7. The van der Waals surface area contributed by atoms with Crippen molar-refractivity contribution in [3.8, 4) is 11.8 Å². The van der Waals surface area contributed by atoms with E-state index in [1.54, 1.807) is 42.7 Å². The van der Waals surface area contributed by atoms with Gasteiger partial charge < -0.3 is 19.3 Å². The van der Waals surface area contributed by atoms with Crippen LogP contribution < -0.4 is 14.4 Å². The predicted molar refractivity (Wildman–Crippen MR) is 96.7 cm³/mol. The minimum Gasteiger partial charge on any atom is -0.481 e. The normalized spacial score (nSPS) is 16.9. The van der Waals surface area contributed by atoms with Gasteiger partial charge in [-0.15, -0.1) is 0 Å². The molecule has 0 bridgehead atoms. The van der Waals surface area contributed by atoms with Gasteiger partial charge >= 0.3 is 0 Å². The second-order valence-electron chi connectivity index (χ2n) is 6.30. The van der Waals surface area contributed by atoms with E-state index in [9.17, 15) is 4.79 Å². The van der Waals surface area contributed by atoms with Gasteiger partial charge in [0.2, 0.25) is 5.88 Å². The maximum Gasteiger partial charge on any atom is 0.257 e. The molecule has 2 aromatic rings. The number of carbonyl (C=O) groups excluding carboxylic acids is 1. The molecule has 0 aliphatic carbocycles. The number of carbonyl (C=O) groups is 1. The first-order valence-electron chi connectivity index (χ1n) is 8.53. The molecule has 8 heteroatoms. The van der Waals surface area contributed by atoms with Crippen LogP contribution in [0.5, 0.6) is 11.8 Å². The molecule has 26 heavy (non-hydrogen) atoms. The van der Waals surface area contributed by atoms with Crippen LogP contribution in [0.1, 0.15) is 23.2 Å². The monoisotopic (exact) mass is 357 g/mol. The summed E-state index contributed by atoms with van der Waals surface area (Å²) in [6.45, 7) is 1.21. The van der Waals surface area contributed by atoms with E-state index in [1.807, 2.05) is 19.0 Å². The first-order chi connectivity index (χ1) is 12.6. The zero-order valence-corrected chi connectivity index (χ0v) is 15.3. The summed E-state index contributed by atoms with van der Waals surface area (Å²) in [4.78, 5) is 29.1. The first kappa shape index (κ1) is 17.9. The number of methoxy groups -OCH3 is 1. The van der Waals surface area contributed by atoms with Gasteiger partial charge in [0.1, 0.15) is 6.10 Å². The van der Waals surface area contributed by atoms with Crippen LogP contribution in [-0.4, -0.2) is 66.2 Å². The number of nitrogens with zero attached hydrogens (tertiary/aromatic N) is 5. The molecule has 8 nitrogen and oxygen atoms in total. The van der Waals surface area contributed by atoms with E-state index in [1.165, 1.54) is 0 Å². The summed E-state index contributed by atoms with van der Waals surface area (Å²) in [6, 6.07) is 3.42. The van der Waals surface area contributed by atoms with Crippen molar-refractivity contribution in [1.82, 2.24) is 19.9 Å². The van der Waals surface area contributed by atoms with E-state index < -0.39 is 0 Å². The average molecular weight is 357 g/mol. The Hall–Kier alpha value is -2.90. The molecule has 0 unspecified atom stereocenters. The predicted octanol–water partition coefficient (Wildman–Crippen LogP) is 1.63. The summed E-state index contributed by atoms with van der Waals surface area (Å²) in [5, 5.41) is 0. The average Bonchev–Trinajstić information content (AvgIpc) is 2.68. The number of anilines is 1. The molecule has 1 fully saturated rings. The smallest absolute Gasteiger partial charge is 0.257 e. The van der Waals surface area contributed by atoms with Crippen molar-refractivity contribution < 1.29 is 14.3 Å². The highest BCUT2D eigenvalue weighted by atomic mass is 16.5. The van der Waals surface area contributed by atoms with Crippen molar-refractivity contribution >= 4 is 11.7 Å². The molecule has 3 heterocycles. The Labute approximate surface area is 152 Å². The highest BCUT2D eigenvalue weighted by molar-refractivity contribution is 5.94. The van der Waals surface area contributed by atoms with Gasteiger partial charge in [-0.3, -0.25) is 4.79 Å². The molecule has 0 aromatic carbocycles. The quantitative estimate of drug-likeness (QED) is 0.804. The molecular formula is C18H23N5O3. The van der Waals surface area contributed by atoms with Gasteiger partial charge in [-0.05, 0) is 18.9 Å². The number of ether oxygens (including phenoxy) is 2. The second-order valence-corrected chi connectivity index (χ2v) is 6.30. The van der Waals surface area contributed by atoms with Crippen LogP contribution in [-0.2, 0) is 0 Å². The number of amides is 1. The van der Waals surface area contributed by atoms with Crippen LogP contribution in [0, 0.1) is 0 Å². The maximum atomic E-state index is 12.7. The minimum atomic E-state index is -0.116. The molecule has 138 valence electrons. The summed E-state index contributed by atoms with van der Waals surface area (Å²) in [6.07, 6.45) is 6.41. The van der Waals surface area contributed by atoms with Crippen molar-refractivity contribution in [2.24, 2.45) is 0 Å². The number of hydrogen-bond donors (Lipinski definition) is 0. The molecule has 1 atom stereocenters. The number of aromatic nitrogens is 3. The van der Waals surface area contributed by atoms with E-state index >= 15 is 0 Å². The van der Waals surface area contributed by atoms with Crippen LogP contribution in [0.25, 0.3) is 0 Å². The second kappa shape index (κ2) is 7.99. The molecular weight excluding hydrogens is 334 g/mol. The van der Waals surface area contributed by atoms with Crippen LogP contribution >= 0.6 is 0 Å². The molecule has 0 N–H and O–H groups in total. The van der Waals surface area contributed by atoms with Crippen molar-refractivity contribution in [2.75, 3.05) is 39.2 Å². The molecule has 2 aromatic heterocycles. The number of pyridine rings is 1. The summed E-state index contributed by atoms with van der Waals surface area (Å²) in [7, 11) is 5.33. The van der Waals surface area contributed by atoms with Gasteiger partial charge in [-0.2, -0.15) is 0 Å². The fourth-order valence-electron chi connectivity index (χ4n) is 2.89. The van der Waals surface area contributed by atoms with E-state index in [0.29, 0.717) is 36.2 Å². The Morgan fingerprint density at radius 3 is 2.73 bits per heavy atom. The topological polar surface area (TPSA) is 80.7 Å². The highest BCUT2D eigenvalue weighted by Crippen LogP contribution is 2.24. The van der Waals surface area contributed by atoms with E-state index in [2.05, 4.69) is 15.0 Å². The van der Waals surface area contributed by atoms with Crippen LogP contribution in [0.15, 0.2) is 30.7 Å². The van der Waals surface area contributed by atoms with E-state index in [0.717, 1.165) is 12.8 Å². The van der Waals surface area contributed by atoms with Crippen molar-refractivity contribution in [1.29, 1.82) is 0 Å². The zero-order valence-electron chi connectivity index (χ0n) is 15.3. The SMILES string of the molecule is COc1ccc(C(=O)N2CCC[C@@H](Oc3nccnc3N(C)C)C2)cn1. The lowest BCUT2D eigenvalue weighted by molar-refractivity contribution is 0.0528. The van der Waals surface area contributed by atoms with Gasteiger partial charge in [0.05, 0.1) is 19.2 Å². The Kier molecular flexibility index (Phi) is 5.50.